The lowest BCUT2D eigenvalue weighted by Crippen LogP contribution is -2.47. The van der Waals surface area contributed by atoms with Gasteiger partial charge in [-0.05, 0) is 53.4 Å². The average molecular weight is 674 g/mol. The predicted octanol–water partition coefficient (Wildman–Crippen LogP) is -0.787. The highest BCUT2D eigenvalue weighted by Crippen LogP contribution is 2.32. The first-order chi connectivity index (χ1) is 22.1. The average Bonchev–Trinajstić information content (AvgIpc) is 3.72. The highest BCUT2D eigenvalue weighted by Gasteiger charge is 2.48. The van der Waals surface area contributed by atoms with E-state index in [-0.39, 0.29) is 23.7 Å². The van der Waals surface area contributed by atoms with Crippen LogP contribution >= 0.6 is 0 Å². The Morgan fingerprint density at radius 2 is 1.77 bits per heavy atom. The maximum Gasteiger partial charge on any atom is 0.430 e. The summed E-state index contributed by atoms with van der Waals surface area (Å²) in [5, 5.41) is 32.8. The summed E-state index contributed by atoms with van der Waals surface area (Å²) in [6, 6.07) is 20.6. The van der Waals surface area contributed by atoms with Gasteiger partial charge in [-0.3, -0.25) is 15.9 Å². The molecule has 1 aromatic heterocycles. The number of hydrogen-bond acceptors (Lipinski definition) is 10. The summed E-state index contributed by atoms with van der Waals surface area (Å²) < 4.78 is 60.2. The van der Waals surface area contributed by atoms with Crippen LogP contribution in [-0.2, 0) is 31.0 Å². The maximum atomic E-state index is 13.7. The van der Waals surface area contributed by atoms with Gasteiger partial charge in [0.2, 0.25) is 15.6 Å². The van der Waals surface area contributed by atoms with Crippen molar-refractivity contribution < 1.29 is 46.5 Å². The number of aromatic nitrogens is 4. The molecule has 47 heavy (non-hydrogen) atoms. The Balaban J connectivity index is 0.000000644. The number of oxime groups is 1. The minimum atomic E-state index is -5.19. The zero-order valence-corrected chi connectivity index (χ0v) is 25.1. The van der Waals surface area contributed by atoms with Gasteiger partial charge in [0.1, 0.15) is 12.3 Å². The van der Waals surface area contributed by atoms with Gasteiger partial charge in [0.25, 0.3) is 11.7 Å². The molecular weight excluding hydrogens is 647 g/mol. The van der Waals surface area contributed by atoms with E-state index in [4.69, 9.17) is 25.9 Å². The van der Waals surface area contributed by atoms with E-state index < -0.39 is 33.7 Å². The number of amidine groups is 1. The van der Waals surface area contributed by atoms with E-state index in [1.165, 1.54) is 24.1 Å². The molecule has 15 nitrogen and oxygen atoms in total. The van der Waals surface area contributed by atoms with Gasteiger partial charge < -0.3 is 20.1 Å². The van der Waals surface area contributed by atoms with E-state index in [2.05, 4.69) is 30.7 Å². The molecule has 0 bridgehead atoms. The lowest BCUT2D eigenvalue weighted by molar-refractivity contribution is -0.344. The molecule has 2 heterocycles. The number of nitrogens with one attached hydrogen (secondary N) is 2. The number of tetrazole rings is 1. The number of carboxylic acids is 1. The van der Waals surface area contributed by atoms with Crippen LogP contribution in [0.25, 0.3) is 11.1 Å². The van der Waals surface area contributed by atoms with Crippen molar-refractivity contribution in [1.29, 1.82) is 0 Å². The second kappa shape index (κ2) is 13.7. The van der Waals surface area contributed by atoms with Crippen molar-refractivity contribution in [3.05, 3.63) is 90.3 Å². The molecule has 0 spiro atoms. The van der Waals surface area contributed by atoms with Gasteiger partial charge in [0.05, 0.1) is 22.7 Å². The summed E-state index contributed by atoms with van der Waals surface area (Å²) >= 11 is 0. The molecule has 0 aliphatic carbocycles. The second-order valence-electron chi connectivity index (χ2n) is 9.86. The third-order valence-electron chi connectivity index (χ3n) is 6.67. The number of carbonyl (C=O) groups excluding carboxylic acids is 2. The Hall–Kier alpha value is -5.69. The van der Waals surface area contributed by atoms with Gasteiger partial charge in [-0.15, -0.1) is 5.10 Å². The van der Waals surface area contributed by atoms with Gasteiger partial charge >= 0.3 is 6.18 Å². The van der Waals surface area contributed by atoms with Gasteiger partial charge in [-0.2, -0.15) is 13.2 Å². The highest BCUT2D eigenvalue weighted by atomic mass is 32.2. The number of halogens is 3. The maximum absolute atomic E-state index is 13.7. The monoisotopic (exact) mass is 673 g/mol. The van der Waals surface area contributed by atoms with Crippen LogP contribution in [0.15, 0.2) is 89.2 Å². The van der Waals surface area contributed by atoms with Crippen molar-refractivity contribution in [1.82, 2.24) is 24.9 Å². The second-order valence-corrected chi connectivity index (χ2v) is 11.7. The highest BCUT2D eigenvalue weighted by molar-refractivity contribution is 7.89. The summed E-state index contributed by atoms with van der Waals surface area (Å²) in [6.07, 6.45) is -3.69. The number of carbonyl (C=O) groups is 2. The Morgan fingerprint density at radius 1 is 1.09 bits per heavy atom. The lowest BCUT2D eigenvalue weighted by atomic mass is 9.92. The number of rotatable bonds is 9. The third kappa shape index (κ3) is 8.13. The van der Waals surface area contributed by atoms with Crippen LogP contribution in [0.3, 0.4) is 0 Å². The lowest BCUT2D eigenvalue weighted by Gasteiger charge is -2.25. The summed E-state index contributed by atoms with van der Waals surface area (Å²) in [4.78, 5) is 28.4. The number of amides is 1. The van der Waals surface area contributed by atoms with Crippen LogP contribution in [0.4, 0.5) is 18.9 Å². The van der Waals surface area contributed by atoms with Crippen molar-refractivity contribution in [2.75, 3.05) is 12.4 Å². The first kappa shape index (κ1) is 34.2. The molecule has 1 aliphatic rings. The van der Waals surface area contributed by atoms with E-state index >= 15 is 0 Å². The first-order valence-electron chi connectivity index (χ1n) is 13.3. The molecule has 19 heteroatoms. The summed E-state index contributed by atoms with van der Waals surface area (Å²) in [7, 11) is -2.31. The predicted molar refractivity (Wildman–Crippen MR) is 157 cm³/mol. The van der Waals surface area contributed by atoms with Crippen molar-refractivity contribution in [2.45, 2.75) is 29.6 Å². The summed E-state index contributed by atoms with van der Waals surface area (Å²) in [6.45, 7) is -0.00296. The fourth-order valence-electron chi connectivity index (χ4n) is 4.33. The van der Waals surface area contributed by atoms with Crippen molar-refractivity contribution in [2.24, 2.45) is 10.9 Å². The van der Waals surface area contributed by atoms with E-state index in [9.17, 15) is 26.4 Å². The molecule has 6 N–H and O–H groups in total. The number of sulfonamides is 1. The molecule has 1 unspecified atom stereocenters. The zero-order valence-electron chi connectivity index (χ0n) is 24.3. The normalized spacial score (nSPS) is 15.9. The number of aliphatic carboxylic acids is 1. The molecular formula is C28H26F3N9O6S. The molecule has 246 valence electrons. The van der Waals surface area contributed by atoms with Crippen LogP contribution in [-0.4, -0.2) is 70.9 Å². The topological polar surface area (TPSA) is 232 Å². The Labute approximate surface area is 264 Å². The SMILES string of the molecule is CNS(=O)(=O)c1ccccc1-c1ccc(NC(=O)C2(Cn3cnnn3)CC(c3cccc(C(N)=[NH2+])c3)=NO2)cc1.O=C([O-])C(F)(F)F. The number of alkyl halides is 3. The summed E-state index contributed by atoms with van der Waals surface area (Å²) in [5.41, 5.74) is 7.82. The number of nitrogens with zero attached hydrogens (tertiary/aromatic N) is 5. The minimum Gasteiger partial charge on any atom is -0.542 e. The molecule has 0 fully saturated rings. The Morgan fingerprint density at radius 3 is 2.36 bits per heavy atom. The van der Waals surface area contributed by atoms with E-state index in [0.717, 1.165) is 0 Å². The first-order valence-corrected chi connectivity index (χ1v) is 14.8. The molecule has 1 amide bonds. The smallest absolute Gasteiger partial charge is 0.430 e. The van der Waals surface area contributed by atoms with Crippen molar-refractivity contribution >= 4 is 39.1 Å². The van der Waals surface area contributed by atoms with Gasteiger partial charge in [0, 0.05) is 23.2 Å². The van der Waals surface area contributed by atoms with Crippen molar-refractivity contribution in [3.63, 3.8) is 0 Å². The van der Waals surface area contributed by atoms with Crippen LogP contribution < -0.4 is 26.3 Å². The van der Waals surface area contributed by atoms with Crippen LogP contribution in [0.2, 0.25) is 0 Å². The summed E-state index contributed by atoms with van der Waals surface area (Å²) in [5.74, 6) is -3.31. The third-order valence-corrected chi connectivity index (χ3v) is 8.14. The number of hydrogen-bond donors (Lipinski definition) is 4. The Kier molecular flexibility index (Phi) is 10.0. The zero-order chi connectivity index (χ0) is 34.4. The van der Waals surface area contributed by atoms with E-state index in [1.807, 2.05) is 6.07 Å². The fraction of sp³-hybridized carbons (Fsp3) is 0.179. The molecule has 0 saturated carbocycles. The van der Waals surface area contributed by atoms with Gasteiger partial charge in [-0.1, -0.05) is 47.6 Å². The van der Waals surface area contributed by atoms with Crippen LogP contribution in [0.5, 0.6) is 0 Å². The minimum absolute atomic E-state index is 0.00296. The van der Waals surface area contributed by atoms with Crippen LogP contribution in [0.1, 0.15) is 17.5 Å². The van der Waals surface area contributed by atoms with Crippen molar-refractivity contribution in [3.8, 4) is 11.1 Å². The standard InChI is InChI=1S/C26H25N9O4S.C2HF3O2/c1-29-40(37,38)23-8-3-2-7-21(23)17-9-11-20(12-10-17)31-25(36)26(15-35-16-30-33-34-35)14-22(32-39-26)18-5-4-6-19(13-18)24(27)28;3-2(4,5)1(6)7/h2-13,16,29H,14-15H2,1H3,(H3,27,28)(H,31,36);(H,6,7). The number of anilines is 1. The fourth-order valence-corrected chi connectivity index (χ4v) is 5.28. The molecule has 0 radical (unpaired) electrons. The molecule has 3 aromatic carbocycles. The molecule has 1 aliphatic heterocycles. The largest absolute Gasteiger partial charge is 0.542 e. The Bertz CT molecular complexity index is 1920. The van der Waals surface area contributed by atoms with Gasteiger partial charge in [-0.25, -0.2) is 17.8 Å². The number of benzene rings is 3. The number of nitrogens with two attached hydrogens (primary N) is 2. The van der Waals surface area contributed by atoms with E-state index in [1.54, 1.807) is 60.7 Å². The molecule has 0 saturated heterocycles. The number of carboxylic acid groups (broad SMARTS) is 1. The quantitative estimate of drug-likeness (QED) is 0.128. The molecule has 5 rings (SSSR count). The van der Waals surface area contributed by atoms with Crippen LogP contribution in [0, 0.1) is 0 Å². The molecule has 4 aromatic rings. The van der Waals surface area contributed by atoms with E-state index in [0.29, 0.717) is 33.7 Å². The molecule has 1 atom stereocenters. The van der Waals surface area contributed by atoms with Gasteiger partial charge in [0.15, 0.2) is 0 Å².